The second kappa shape index (κ2) is 21.6. The predicted octanol–water partition coefficient (Wildman–Crippen LogP) is 7.94. The summed E-state index contributed by atoms with van der Waals surface area (Å²) in [6.45, 7) is 21.5. The average molecular weight is 733 g/mol. The smallest absolute Gasteiger partial charge is 0.333 e. The summed E-state index contributed by atoms with van der Waals surface area (Å²) in [6.07, 6.45) is 6.83. The van der Waals surface area contributed by atoms with Crippen molar-refractivity contribution < 1.29 is 47.9 Å². The number of hydrogen-bond donors (Lipinski definition) is 1. The number of aliphatic hydroxyl groups is 1. The van der Waals surface area contributed by atoms with Crippen molar-refractivity contribution in [3.05, 3.63) is 89.6 Å². The minimum Gasteiger partial charge on any atom is -0.489 e. The molecule has 2 aromatic rings. The minimum absolute atomic E-state index is 0.00369. The minimum atomic E-state index is -0.545. The summed E-state index contributed by atoms with van der Waals surface area (Å²) in [6, 6.07) is 8.41. The van der Waals surface area contributed by atoms with E-state index in [4.69, 9.17) is 28.4 Å². The van der Waals surface area contributed by atoms with E-state index in [1.54, 1.807) is 20.8 Å². The summed E-state index contributed by atoms with van der Waals surface area (Å²) < 4.78 is 35.7. The van der Waals surface area contributed by atoms with Gasteiger partial charge in [-0.2, -0.15) is 0 Å². The Morgan fingerprint density at radius 1 is 0.642 bits per heavy atom. The van der Waals surface area contributed by atoms with E-state index in [9.17, 15) is 19.5 Å². The zero-order chi connectivity index (χ0) is 38.9. The van der Waals surface area contributed by atoms with Gasteiger partial charge in [0, 0.05) is 46.4 Å². The first-order valence-electron chi connectivity index (χ1n) is 18.3. The molecule has 3 rings (SSSR count). The summed E-state index contributed by atoms with van der Waals surface area (Å²) in [5.41, 5.74) is 5.53. The van der Waals surface area contributed by atoms with Gasteiger partial charge in [0.25, 0.3) is 0 Å². The van der Waals surface area contributed by atoms with Gasteiger partial charge >= 0.3 is 17.9 Å². The van der Waals surface area contributed by atoms with Crippen molar-refractivity contribution in [3.63, 3.8) is 0 Å². The first-order chi connectivity index (χ1) is 25.3. The van der Waals surface area contributed by atoms with Gasteiger partial charge in [0.2, 0.25) is 0 Å². The summed E-state index contributed by atoms with van der Waals surface area (Å²) in [5, 5.41) is 9.98. The maximum atomic E-state index is 12.5. The normalized spacial score (nSPS) is 12.7. The van der Waals surface area contributed by atoms with E-state index in [2.05, 4.69) is 50.6 Å². The first kappa shape index (κ1) is 42.6. The molecule has 1 fully saturated rings. The van der Waals surface area contributed by atoms with Gasteiger partial charge in [-0.15, -0.1) is 0 Å². The highest BCUT2D eigenvalue weighted by atomic mass is 16.6. The van der Waals surface area contributed by atoms with Crippen molar-refractivity contribution in [1.29, 1.82) is 0 Å². The zero-order valence-electron chi connectivity index (χ0n) is 31.9. The second-order valence-electron chi connectivity index (χ2n) is 13.5. The molecule has 1 aliphatic carbocycles. The zero-order valence-corrected chi connectivity index (χ0v) is 31.9. The van der Waals surface area contributed by atoms with Gasteiger partial charge in [-0.05, 0) is 76.0 Å². The summed E-state index contributed by atoms with van der Waals surface area (Å²) in [7, 11) is 0. The van der Waals surface area contributed by atoms with Crippen molar-refractivity contribution in [2.75, 3.05) is 46.2 Å². The van der Waals surface area contributed by atoms with Gasteiger partial charge in [-0.25, -0.2) is 14.4 Å². The fraction of sp³-hybridized carbons (Fsp3) is 0.465. The molecule has 288 valence electrons. The molecule has 1 N–H and O–H groups in total. The summed E-state index contributed by atoms with van der Waals surface area (Å²) >= 11 is 0. The summed E-state index contributed by atoms with van der Waals surface area (Å²) in [4.78, 5) is 36.9. The lowest BCUT2D eigenvalue weighted by Crippen LogP contribution is -2.18. The third-order valence-electron chi connectivity index (χ3n) is 8.64. The molecule has 0 amide bonds. The van der Waals surface area contributed by atoms with Crippen molar-refractivity contribution in [1.82, 2.24) is 0 Å². The lowest BCUT2D eigenvalue weighted by molar-refractivity contribution is -0.140. The Morgan fingerprint density at radius 2 is 1.17 bits per heavy atom. The molecule has 2 aromatic carbocycles. The Balaban J connectivity index is 2.29. The Kier molecular flexibility index (Phi) is 17.4. The van der Waals surface area contributed by atoms with Gasteiger partial charge in [0.05, 0.1) is 6.61 Å². The largest absolute Gasteiger partial charge is 0.489 e. The van der Waals surface area contributed by atoms with E-state index in [1.807, 2.05) is 6.92 Å². The van der Waals surface area contributed by atoms with Gasteiger partial charge < -0.3 is 33.5 Å². The van der Waals surface area contributed by atoms with E-state index in [0.29, 0.717) is 52.7 Å². The molecule has 53 heavy (non-hydrogen) atoms. The van der Waals surface area contributed by atoms with E-state index >= 15 is 0 Å². The van der Waals surface area contributed by atoms with Crippen LogP contribution in [-0.4, -0.2) is 69.3 Å². The molecular weight excluding hydrogens is 676 g/mol. The van der Waals surface area contributed by atoms with Crippen LogP contribution in [0.2, 0.25) is 0 Å². The molecule has 0 aromatic heterocycles. The number of aliphatic hydroxyl groups excluding tert-OH is 1. The number of carbonyl (C=O) groups excluding carboxylic acids is 3. The number of rotatable bonds is 22. The highest BCUT2D eigenvalue weighted by Gasteiger charge is 2.29. The maximum absolute atomic E-state index is 12.5. The number of hydrogen-bond acceptors (Lipinski definition) is 10. The van der Waals surface area contributed by atoms with Crippen LogP contribution in [0, 0.1) is 0 Å². The Bertz CT molecular complexity index is 1630. The molecule has 10 nitrogen and oxygen atoms in total. The number of carbonyl (C=O) groups is 3. The van der Waals surface area contributed by atoms with Gasteiger partial charge in [-0.1, -0.05) is 69.8 Å². The van der Waals surface area contributed by atoms with Crippen LogP contribution in [0.3, 0.4) is 0 Å². The van der Waals surface area contributed by atoms with Crippen molar-refractivity contribution in [2.24, 2.45) is 0 Å². The highest BCUT2D eigenvalue weighted by Crippen LogP contribution is 2.50. The fourth-order valence-electron chi connectivity index (χ4n) is 6.00. The van der Waals surface area contributed by atoms with Crippen LogP contribution in [0.25, 0.3) is 11.1 Å². The Hall–Kier alpha value is -4.83. The van der Waals surface area contributed by atoms with E-state index in [-0.39, 0.29) is 69.4 Å². The molecule has 0 atom stereocenters. The fourth-order valence-corrected chi connectivity index (χ4v) is 6.00. The highest BCUT2D eigenvalue weighted by molar-refractivity contribution is 5.88. The molecule has 1 saturated carbocycles. The van der Waals surface area contributed by atoms with Crippen LogP contribution in [-0.2, 0) is 41.4 Å². The molecule has 1 aliphatic rings. The molecule has 0 unspecified atom stereocenters. The quantitative estimate of drug-likeness (QED) is 0.0419. The maximum Gasteiger partial charge on any atom is 0.333 e. The molecule has 0 spiro atoms. The van der Waals surface area contributed by atoms with E-state index in [0.717, 1.165) is 24.0 Å². The van der Waals surface area contributed by atoms with Crippen LogP contribution >= 0.6 is 0 Å². The standard InChI is InChI=1S/C43H56O10/c1-28(2)27-53-40-37(34-18-16-33(17-19-34)32-13-10-9-11-14-32)35(20-22-50-41(45)29(3)4)38(48-23-25-51-42(46)30(5)6)36(15-12-21-44)39(40)49-24-26-52-43(47)31(7)8/h16-19,32,44H,1,3,5,7,9-15,20-27H2,2,4,6,8H3. The van der Waals surface area contributed by atoms with Crippen molar-refractivity contribution in [2.45, 2.75) is 85.0 Å². The molecule has 0 radical (unpaired) electrons. The van der Waals surface area contributed by atoms with Crippen LogP contribution in [0.15, 0.2) is 72.9 Å². The predicted molar refractivity (Wildman–Crippen MR) is 205 cm³/mol. The molecule has 0 aliphatic heterocycles. The average Bonchev–Trinajstić information content (AvgIpc) is 3.14. The lowest BCUT2D eigenvalue weighted by Gasteiger charge is -2.27. The molecule has 10 heteroatoms. The van der Waals surface area contributed by atoms with Crippen molar-refractivity contribution >= 4 is 17.9 Å². The third-order valence-corrected chi connectivity index (χ3v) is 8.64. The van der Waals surface area contributed by atoms with Gasteiger partial charge in [-0.3, -0.25) is 0 Å². The molecular formula is C43H56O10. The van der Waals surface area contributed by atoms with Crippen LogP contribution in [0.5, 0.6) is 17.2 Å². The van der Waals surface area contributed by atoms with E-state index in [1.165, 1.54) is 24.8 Å². The number of esters is 3. The molecule has 0 bridgehead atoms. The SMILES string of the molecule is C=C(C)COc1c(OCCOC(=O)C(=C)C)c(CCCO)c(OCCOC(=O)C(=C)C)c(CCOC(=O)C(=C)C)c1-c1ccc(C2CCCCC2)cc1. The molecule has 0 heterocycles. The van der Waals surface area contributed by atoms with Gasteiger partial charge in [0.1, 0.15) is 38.8 Å². The monoisotopic (exact) mass is 732 g/mol. The number of benzene rings is 2. The number of ether oxygens (including phenoxy) is 6. The van der Waals surface area contributed by atoms with Crippen molar-refractivity contribution in [3.8, 4) is 28.4 Å². The van der Waals surface area contributed by atoms with Crippen LogP contribution < -0.4 is 14.2 Å². The molecule has 0 saturated heterocycles. The van der Waals surface area contributed by atoms with E-state index < -0.39 is 17.9 Å². The topological polar surface area (TPSA) is 127 Å². The summed E-state index contributed by atoms with van der Waals surface area (Å²) in [5.74, 6) is 0.0332. The van der Waals surface area contributed by atoms with Gasteiger partial charge in [0.15, 0.2) is 11.5 Å². The Labute approximate surface area is 314 Å². The Morgan fingerprint density at radius 3 is 1.68 bits per heavy atom. The first-order valence-corrected chi connectivity index (χ1v) is 18.3. The van der Waals surface area contributed by atoms with Crippen LogP contribution in [0.1, 0.15) is 88.8 Å². The second-order valence-corrected chi connectivity index (χ2v) is 13.5. The third kappa shape index (κ3) is 13.0. The van der Waals surface area contributed by atoms with Crippen LogP contribution in [0.4, 0.5) is 0 Å². The lowest BCUT2D eigenvalue weighted by atomic mass is 9.83.